The summed E-state index contributed by atoms with van der Waals surface area (Å²) in [6.07, 6.45) is 9.26. The van der Waals surface area contributed by atoms with Crippen LogP contribution in [-0.4, -0.2) is 9.36 Å². The first kappa shape index (κ1) is 19.0. The summed E-state index contributed by atoms with van der Waals surface area (Å²) in [5, 5.41) is 1.14. The first-order valence-corrected chi connectivity index (χ1v) is 9.94. The molecule has 132 valence electrons. The summed E-state index contributed by atoms with van der Waals surface area (Å²) in [4.78, 5) is 4.70. The third-order valence-electron chi connectivity index (χ3n) is 4.97. The van der Waals surface area contributed by atoms with Crippen molar-refractivity contribution in [1.29, 1.82) is 0 Å². The second kappa shape index (κ2) is 9.26. The van der Waals surface area contributed by atoms with Gasteiger partial charge in [-0.05, 0) is 53.9 Å². The lowest BCUT2D eigenvalue weighted by Crippen LogP contribution is -2.20. The molecule has 0 saturated carbocycles. The van der Waals surface area contributed by atoms with Gasteiger partial charge in [0.25, 0.3) is 0 Å². The van der Waals surface area contributed by atoms with Gasteiger partial charge in [0.2, 0.25) is 0 Å². The van der Waals surface area contributed by atoms with Gasteiger partial charge in [0.1, 0.15) is 16.6 Å². The molecule has 1 aromatic carbocycles. The van der Waals surface area contributed by atoms with Crippen LogP contribution in [0.15, 0.2) is 24.3 Å². The zero-order valence-corrected chi connectivity index (χ0v) is 16.0. The fraction of sp³-hybridized carbons (Fsp3) is 0.600. The molecule has 0 aliphatic carbocycles. The van der Waals surface area contributed by atoms with E-state index < -0.39 is 0 Å². The second-order valence-corrected chi connectivity index (χ2v) is 7.60. The van der Waals surface area contributed by atoms with E-state index in [1.807, 2.05) is 0 Å². The number of hydrogen-bond donors (Lipinski definition) is 0. The Hall–Kier alpha value is -1.29. The van der Waals surface area contributed by atoms with E-state index in [4.69, 9.17) is 4.98 Å². The van der Waals surface area contributed by atoms with Crippen LogP contribution in [0.3, 0.4) is 0 Å². The van der Waals surface area contributed by atoms with Crippen LogP contribution in [0, 0.1) is 11.2 Å². The summed E-state index contributed by atoms with van der Waals surface area (Å²) in [5.41, 5.74) is 1.52. The van der Waals surface area contributed by atoms with Gasteiger partial charge in [-0.2, -0.15) is 4.37 Å². The van der Waals surface area contributed by atoms with E-state index in [9.17, 15) is 4.39 Å². The van der Waals surface area contributed by atoms with Gasteiger partial charge in [-0.1, -0.05) is 52.2 Å². The Morgan fingerprint density at radius 2 is 1.67 bits per heavy atom. The van der Waals surface area contributed by atoms with Crippen molar-refractivity contribution >= 4 is 11.5 Å². The monoisotopic (exact) mass is 348 g/mol. The minimum Gasteiger partial charge on any atom is -0.224 e. The summed E-state index contributed by atoms with van der Waals surface area (Å²) in [7, 11) is 0. The van der Waals surface area contributed by atoms with Crippen molar-refractivity contribution < 1.29 is 4.39 Å². The van der Waals surface area contributed by atoms with E-state index in [1.165, 1.54) is 62.2 Å². The molecule has 2 rings (SSSR count). The van der Waals surface area contributed by atoms with Crippen LogP contribution >= 0.6 is 11.5 Å². The van der Waals surface area contributed by atoms with Crippen LogP contribution in [0.5, 0.6) is 0 Å². The summed E-state index contributed by atoms with van der Waals surface area (Å²) < 4.78 is 17.5. The number of benzene rings is 1. The molecule has 0 saturated heterocycles. The standard InChI is InChI=1S/C20H29FN2S/c1-4-12-20(6-3,13-5-2)14-11-19-22-18(23-24-19)15-16-7-9-17(21)10-8-16/h7-10H,4-6,11-15H2,1-3H3. The maximum absolute atomic E-state index is 13.0. The third-order valence-corrected chi connectivity index (χ3v) is 5.77. The van der Waals surface area contributed by atoms with Gasteiger partial charge in [-0.3, -0.25) is 0 Å². The molecule has 0 atom stereocenters. The topological polar surface area (TPSA) is 25.8 Å². The van der Waals surface area contributed by atoms with Gasteiger partial charge in [0, 0.05) is 12.8 Å². The van der Waals surface area contributed by atoms with Crippen LogP contribution in [0.4, 0.5) is 4.39 Å². The van der Waals surface area contributed by atoms with E-state index in [1.54, 1.807) is 12.1 Å². The molecular formula is C20H29FN2S. The molecule has 0 aliphatic rings. The van der Waals surface area contributed by atoms with Crippen molar-refractivity contribution in [2.24, 2.45) is 5.41 Å². The van der Waals surface area contributed by atoms with Gasteiger partial charge in [0.05, 0.1) is 0 Å². The number of aryl methyl sites for hydroxylation is 1. The minimum absolute atomic E-state index is 0.201. The van der Waals surface area contributed by atoms with E-state index in [2.05, 4.69) is 25.1 Å². The van der Waals surface area contributed by atoms with Crippen LogP contribution in [0.2, 0.25) is 0 Å². The first-order valence-electron chi connectivity index (χ1n) is 9.16. The molecule has 0 spiro atoms. The lowest BCUT2D eigenvalue weighted by atomic mass is 9.73. The maximum atomic E-state index is 13.0. The lowest BCUT2D eigenvalue weighted by Gasteiger charge is -2.32. The Bertz CT molecular complexity index is 600. The van der Waals surface area contributed by atoms with Gasteiger partial charge >= 0.3 is 0 Å². The summed E-state index contributed by atoms with van der Waals surface area (Å²) in [6.45, 7) is 6.89. The van der Waals surface area contributed by atoms with E-state index >= 15 is 0 Å². The molecule has 0 bridgehead atoms. The molecule has 0 fully saturated rings. The normalized spacial score (nSPS) is 11.8. The predicted octanol–water partition coefficient (Wildman–Crippen LogP) is 6.20. The van der Waals surface area contributed by atoms with Gasteiger partial charge in [-0.15, -0.1) is 0 Å². The Morgan fingerprint density at radius 3 is 2.25 bits per heavy atom. The van der Waals surface area contributed by atoms with Crippen molar-refractivity contribution in [1.82, 2.24) is 9.36 Å². The van der Waals surface area contributed by atoms with E-state index in [-0.39, 0.29) is 5.82 Å². The Kier molecular flexibility index (Phi) is 7.35. The number of rotatable bonds is 10. The van der Waals surface area contributed by atoms with Crippen molar-refractivity contribution in [3.63, 3.8) is 0 Å². The molecule has 1 heterocycles. The molecular weight excluding hydrogens is 319 g/mol. The van der Waals surface area contributed by atoms with Crippen molar-refractivity contribution in [3.05, 3.63) is 46.5 Å². The lowest BCUT2D eigenvalue weighted by molar-refractivity contribution is 0.204. The number of hydrogen-bond acceptors (Lipinski definition) is 3. The largest absolute Gasteiger partial charge is 0.224 e. The fourth-order valence-corrected chi connectivity index (χ4v) is 4.24. The third kappa shape index (κ3) is 5.37. The highest BCUT2D eigenvalue weighted by Gasteiger charge is 2.26. The molecule has 0 radical (unpaired) electrons. The van der Waals surface area contributed by atoms with Crippen molar-refractivity contribution in [2.45, 2.75) is 72.1 Å². The highest BCUT2D eigenvalue weighted by Crippen LogP contribution is 2.38. The van der Waals surface area contributed by atoms with Gasteiger partial charge in [0.15, 0.2) is 0 Å². The predicted molar refractivity (Wildman–Crippen MR) is 100.0 cm³/mol. The summed E-state index contributed by atoms with van der Waals surface area (Å²) in [5.74, 6) is 0.656. The minimum atomic E-state index is -0.201. The highest BCUT2D eigenvalue weighted by molar-refractivity contribution is 7.05. The average Bonchev–Trinajstić information content (AvgIpc) is 3.03. The SMILES string of the molecule is CCCC(CC)(CCC)CCc1nc(Cc2ccc(F)cc2)ns1. The number of aromatic nitrogens is 2. The second-order valence-electron chi connectivity index (χ2n) is 6.76. The maximum Gasteiger partial charge on any atom is 0.146 e. The average molecular weight is 349 g/mol. The van der Waals surface area contributed by atoms with E-state index in [0.717, 1.165) is 22.8 Å². The van der Waals surface area contributed by atoms with Crippen molar-refractivity contribution in [3.8, 4) is 0 Å². The molecule has 0 N–H and O–H groups in total. The zero-order valence-electron chi connectivity index (χ0n) is 15.1. The molecule has 1 aromatic heterocycles. The van der Waals surface area contributed by atoms with Gasteiger partial charge < -0.3 is 0 Å². The fourth-order valence-electron chi connectivity index (χ4n) is 3.59. The summed E-state index contributed by atoms with van der Waals surface area (Å²) in [6, 6.07) is 6.60. The number of halogens is 1. The smallest absolute Gasteiger partial charge is 0.146 e. The van der Waals surface area contributed by atoms with Crippen LogP contribution in [0.1, 0.15) is 75.7 Å². The summed E-state index contributed by atoms with van der Waals surface area (Å²) >= 11 is 1.52. The molecule has 2 aromatic rings. The van der Waals surface area contributed by atoms with E-state index in [0.29, 0.717) is 11.8 Å². The van der Waals surface area contributed by atoms with Crippen LogP contribution < -0.4 is 0 Å². The highest BCUT2D eigenvalue weighted by atomic mass is 32.1. The number of nitrogens with zero attached hydrogens (tertiary/aromatic N) is 2. The molecule has 4 heteroatoms. The Morgan fingerprint density at radius 1 is 1.00 bits per heavy atom. The molecule has 2 nitrogen and oxygen atoms in total. The molecule has 0 aliphatic heterocycles. The van der Waals surface area contributed by atoms with Crippen LogP contribution in [-0.2, 0) is 12.8 Å². The first-order chi connectivity index (χ1) is 11.6. The van der Waals surface area contributed by atoms with Crippen molar-refractivity contribution in [2.75, 3.05) is 0 Å². The van der Waals surface area contributed by atoms with Crippen LogP contribution in [0.25, 0.3) is 0 Å². The zero-order chi connectivity index (χ0) is 17.4. The Balaban J connectivity index is 1.96. The van der Waals surface area contributed by atoms with Gasteiger partial charge in [-0.25, -0.2) is 9.37 Å². The quantitative estimate of drug-likeness (QED) is 0.511. The Labute approximate surface area is 149 Å². The molecule has 0 unspecified atom stereocenters. The molecule has 0 amide bonds. The molecule has 24 heavy (non-hydrogen) atoms.